The summed E-state index contributed by atoms with van der Waals surface area (Å²) in [7, 11) is 0. The first-order valence-electron chi connectivity index (χ1n) is 4.04. The molecule has 0 radical (unpaired) electrons. The Morgan fingerprint density at radius 3 is 2.58 bits per heavy atom. The summed E-state index contributed by atoms with van der Waals surface area (Å²) in [5, 5.41) is 8.34. The molecule has 0 aromatic heterocycles. The van der Waals surface area contributed by atoms with Crippen LogP contribution in [0.2, 0.25) is 0 Å². The van der Waals surface area contributed by atoms with E-state index in [0.29, 0.717) is 6.54 Å². The predicted octanol–water partition coefficient (Wildman–Crippen LogP) is 0.605. The molecular weight excluding hydrogens is 158 g/mol. The largest absolute Gasteiger partial charge is 0.481 e. The lowest BCUT2D eigenvalue weighted by molar-refractivity contribution is -0.139. The number of carbonyl (C=O) groups is 1. The zero-order chi connectivity index (χ0) is 9.61. The zero-order valence-electron chi connectivity index (χ0n) is 7.67. The van der Waals surface area contributed by atoms with Gasteiger partial charge in [0.05, 0.1) is 18.6 Å². The molecule has 0 heterocycles. The van der Waals surface area contributed by atoms with E-state index in [1.54, 1.807) is 0 Å². The summed E-state index contributed by atoms with van der Waals surface area (Å²) in [6.07, 6.45) is 0.792. The lowest BCUT2D eigenvalue weighted by Gasteiger charge is -2.24. The Bertz CT molecular complexity index is 145. The van der Waals surface area contributed by atoms with Crippen molar-refractivity contribution in [2.45, 2.75) is 32.3 Å². The highest BCUT2D eigenvalue weighted by Gasteiger charge is 2.16. The monoisotopic (exact) mass is 175 g/mol. The minimum absolute atomic E-state index is 0.0496. The maximum atomic E-state index is 10.1. The average molecular weight is 175 g/mol. The van der Waals surface area contributed by atoms with E-state index in [-0.39, 0.29) is 18.6 Å². The number of rotatable bonds is 6. The van der Waals surface area contributed by atoms with Crippen molar-refractivity contribution < 1.29 is 14.6 Å². The van der Waals surface area contributed by atoms with Crippen LogP contribution in [0.25, 0.3) is 0 Å². The molecule has 0 bridgehead atoms. The highest BCUT2D eigenvalue weighted by molar-refractivity contribution is 5.66. The quantitative estimate of drug-likeness (QED) is 0.620. The van der Waals surface area contributed by atoms with Crippen LogP contribution in [-0.4, -0.2) is 29.8 Å². The number of aliphatic carboxylic acids is 1. The molecule has 0 aliphatic heterocycles. The molecule has 0 aliphatic rings. The summed E-state index contributed by atoms with van der Waals surface area (Å²) in [4.78, 5) is 10.1. The van der Waals surface area contributed by atoms with Gasteiger partial charge in [-0.05, 0) is 26.8 Å². The van der Waals surface area contributed by atoms with Gasteiger partial charge in [0.2, 0.25) is 0 Å². The first-order chi connectivity index (χ1) is 5.48. The van der Waals surface area contributed by atoms with Crippen LogP contribution in [0.4, 0.5) is 0 Å². The van der Waals surface area contributed by atoms with Crippen molar-refractivity contribution in [3.05, 3.63) is 0 Å². The summed E-state index contributed by atoms with van der Waals surface area (Å²) < 4.78 is 5.32. The number of ether oxygens (including phenoxy) is 1. The Morgan fingerprint density at radius 2 is 2.17 bits per heavy atom. The fourth-order valence-corrected chi connectivity index (χ4v) is 0.834. The van der Waals surface area contributed by atoms with E-state index in [2.05, 4.69) is 0 Å². The van der Waals surface area contributed by atoms with Crippen LogP contribution >= 0.6 is 0 Å². The maximum absolute atomic E-state index is 10.1. The summed E-state index contributed by atoms with van der Waals surface area (Å²) in [6.45, 7) is 4.62. The van der Waals surface area contributed by atoms with Gasteiger partial charge in [0.15, 0.2) is 0 Å². The van der Waals surface area contributed by atoms with E-state index in [0.717, 1.165) is 6.42 Å². The Labute approximate surface area is 72.7 Å². The summed E-state index contributed by atoms with van der Waals surface area (Å²) in [5.41, 5.74) is 5.05. The minimum atomic E-state index is -0.835. The Morgan fingerprint density at radius 1 is 1.58 bits per heavy atom. The van der Waals surface area contributed by atoms with E-state index in [9.17, 15) is 4.79 Å². The topological polar surface area (TPSA) is 72.5 Å². The van der Waals surface area contributed by atoms with Crippen LogP contribution in [0.15, 0.2) is 0 Å². The third kappa shape index (κ3) is 6.12. The fourth-order valence-electron chi connectivity index (χ4n) is 0.834. The first kappa shape index (κ1) is 11.4. The fraction of sp³-hybridized carbons (Fsp3) is 0.875. The normalized spacial score (nSPS) is 11.6. The van der Waals surface area contributed by atoms with E-state index >= 15 is 0 Å². The van der Waals surface area contributed by atoms with Crippen LogP contribution in [-0.2, 0) is 9.53 Å². The molecule has 0 fully saturated rings. The van der Waals surface area contributed by atoms with Gasteiger partial charge in [-0.25, -0.2) is 0 Å². The number of hydrogen-bond donors (Lipinski definition) is 2. The highest BCUT2D eigenvalue weighted by Crippen LogP contribution is 2.13. The molecule has 0 aromatic carbocycles. The number of carboxylic acid groups (broad SMARTS) is 1. The second-order valence-corrected chi connectivity index (χ2v) is 3.29. The molecule has 0 aromatic rings. The molecule has 4 heteroatoms. The molecule has 4 nitrogen and oxygen atoms in total. The third-order valence-corrected chi connectivity index (χ3v) is 1.56. The Kier molecular flexibility index (Phi) is 4.85. The summed E-state index contributed by atoms with van der Waals surface area (Å²) >= 11 is 0. The second-order valence-electron chi connectivity index (χ2n) is 3.29. The summed E-state index contributed by atoms with van der Waals surface area (Å²) in [5.74, 6) is -0.835. The van der Waals surface area contributed by atoms with Gasteiger partial charge in [0.1, 0.15) is 0 Å². The summed E-state index contributed by atoms with van der Waals surface area (Å²) in [6, 6.07) is 0. The molecule has 0 amide bonds. The molecule has 12 heavy (non-hydrogen) atoms. The van der Waals surface area contributed by atoms with Crippen LogP contribution in [0, 0.1) is 0 Å². The second kappa shape index (κ2) is 5.11. The molecule has 0 atom stereocenters. The van der Waals surface area contributed by atoms with E-state index in [1.165, 1.54) is 0 Å². The molecule has 0 aliphatic carbocycles. The van der Waals surface area contributed by atoms with E-state index in [1.807, 2.05) is 13.8 Å². The molecule has 72 valence electrons. The molecular formula is C8H17NO3. The Balaban J connectivity index is 3.53. The lowest BCUT2D eigenvalue weighted by Crippen LogP contribution is -2.28. The van der Waals surface area contributed by atoms with Crippen LogP contribution in [0.1, 0.15) is 26.7 Å². The van der Waals surface area contributed by atoms with Gasteiger partial charge in [0.25, 0.3) is 0 Å². The van der Waals surface area contributed by atoms with Crippen molar-refractivity contribution in [3.8, 4) is 0 Å². The number of hydrogen-bond acceptors (Lipinski definition) is 3. The maximum Gasteiger partial charge on any atom is 0.305 e. The predicted molar refractivity (Wildman–Crippen MR) is 46.0 cm³/mol. The molecule has 0 rings (SSSR count). The number of carboxylic acids is 1. The van der Waals surface area contributed by atoms with Crippen molar-refractivity contribution in [2.75, 3.05) is 13.2 Å². The lowest BCUT2D eigenvalue weighted by atomic mass is 10.1. The zero-order valence-corrected chi connectivity index (χ0v) is 7.67. The first-order valence-corrected chi connectivity index (χ1v) is 4.04. The van der Waals surface area contributed by atoms with Crippen molar-refractivity contribution in [1.29, 1.82) is 0 Å². The minimum Gasteiger partial charge on any atom is -0.481 e. The average Bonchev–Trinajstić information content (AvgIpc) is 1.85. The molecule has 0 unspecified atom stereocenters. The molecule has 0 spiro atoms. The molecule has 0 saturated carbocycles. The Hall–Kier alpha value is -0.610. The third-order valence-electron chi connectivity index (χ3n) is 1.56. The van der Waals surface area contributed by atoms with Gasteiger partial charge >= 0.3 is 5.97 Å². The van der Waals surface area contributed by atoms with Crippen molar-refractivity contribution in [1.82, 2.24) is 0 Å². The van der Waals surface area contributed by atoms with E-state index < -0.39 is 5.97 Å². The molecule has 0 saturated heterocycles. The van der Waals surface area contributed by atoms with Crippen LogP contribution in [0.3, 0.4) is 0 Å². The van der Waals surface area contributed by atoms with Crippen molar-refractivity contribution >= 4 is 5.97 Å². The standard InChI is InChI=1S/C8H17NO3/c1-8(2,4-5-9)12-6-3-7(10)11/h3-6,9H2,1-2H3,(H,10,11). The van der Waals surface area contributed by atoms with Crippen LogP contribution in [0.5, 0.6) is 0 Å². The SMILES string of the molecule is CC(C)(CCN)OCCC(=O)O. The van der Waals surface area contributed by atoms with Crippen molar-refractivity contribution in [2.24, 2.45) is 5.73 Å². The van der Waals surface area contributed by atoms with Gasteiger partial charge in [-0.2, -0.15) is 0 Å². The van der Waals surface area contributed by atoms with Gasteiger partial charge in [-0.15, -0.1) is 0 Å². The van der Waals surface area contributed by atoms with Gasteiger partial charge in [0, 0.05) is 0 Å². The highest BCUT2D eigenvalue weighted by atomic mass is 16.5. The van der Waals surface area contributed by atoms with Gasteiger partial charge in [-0.1, -0.05) is 0 Å². The molecule has 3 N–H and O–H groups in total. The van der Waals surface area contributed by atoms with Gasteiger partial charge < -0.3 is 15.6 Å². The van der Waals surface area contributed by atoms with Crippen LogP contribution < -0.4 is 5.73 Å². The van der Waals surface area contributed by atoms with E-state index in [4.69, 9.17) is 15.6 Å². The smallest absolute Gasteiger partial charge is 0.305 e. The van der Waals surface area contributed by atoms with Gasteiger partial charge in [-0.3, -0.25) is 4.79 Å². The van der Waals surface area contributed by atoms with Crippen molar-refractivity contribution in [3.63, 3.8) is 0 Å². The number of nitrogens with two attached hydrogens (primary N) is 1.